The van der Waals surface area contributed by atoms with Gasteiger partial charge in [0.1, 0.15) is 6.07 Å². The summed E-state index contributed by atoms with van der Waals surface area (Å²) >= 11 is 0. The fraction of sp³-hybridized carbons (Fsp3) is 0.231. The molecule has 0 spiro atoms. The van der Waals surface area contributed by atoms with E-state index in [1.807, 2.05) is 0 Å². The summed E-state index contributed by atoms with van der Waals surface area (Å²) < 4.78 is 22.7. The Labute approximate surface area is 110 Å². The Balaban J connectivity index is 2.84. The number of ether oxygens (including phenoxy) is 2. The molecule has 0 saturated carbocycles. The minimum Gasteiger partial charge on any atom is -0.494 e. The number of anilines is 1. The van der Waals surface area contributed by atoms with Crippen LogP contribution >= 0.6 is 0 Å². The summed E-state index contributed by atoms with van der Waals surface area (Å²) in [5.41, 5.74) is 0.306. The average molecular weight is 264 g/mol. The molecule has 0 bridgehead atoms. The van der Waals surface area contributed by atoms with Crippen LogP contribution in [0.15, 0.2) is 30.0 Å². The molecule has 0 aliphatic carbocycles. The molecule has 0 unspecified atom stereocenters. The van der Waals surface area contributed by atoms with Gasteiger partial charge in [-0.1, -0.05) is 0 Å². The minimum absolute atomic E-state index is 0.0630. The number of benzene rings is 1. The highest BCUT2D eigenvalue weighted by Crippen LogP contribution is 2.21. The van der Waals surface area contributed by atoms with Gasteiger partial charge in [0.2, 0.25) is 0 Å². The van der Waals surface area contributed by atoms with Crippen molar-refractivity contribution in [2.75, 3.05) is 19.0 Å². The van der Waals surface area contributed by atoms with Crippen LogP contribution in [-0.2, 0) is 9.53 Å². The van der Waals surface area contributed by atoms with Gasteiger partial charge >= 0.3 is 5.97 Å². The molecular formula is C13H13FN2O3. The number of methoxy groups -OCH3 is 1. The smallest absolute Gasteiger partial charge is 0.350 e. The van der Waals surface area contributed by atoms with Gasteiger partial charge in [-0.2, -0.15) is 5.26 Å². The first kappa shape index (κ1) is 14.5. The zero-order valence-electron chi connectivity index (χ0n) is 10.6. The van der Waals surface area contributed by atoms with Crippen LogP contribution in [0.3, 0.4) is 0 Å². The average Bonchev–Trinajstić information content (AvgIpc) is 2.41. The van der Waals surface area contributed by atoms with E-state index in [2.05, 4.69) is 5.32 Å². The predicted molar refractivity (Wildman–Crippen MR) is 66.9 cm³/mol. The highest BCUT2D eigenvalue weighted by Gasteiger charge is 2.09. The SMILES string of the molecule is CCOC(=O)C(C#N)=CNc1ccc(F)c(OC)c1. The van der Waals surface area contributed by atoms with Crippen LogP contribution in [0.25, 0.3) is 0 Å². The molecule has 0 amide bonds. The van der Waals surface area contributed by atoms with E-state index in [9.17, 15) is 9.18 Å². The fourth-order valence-electron chi connectivity index (χ4n) is 1.25. The van der Waals surface area contributed by atoms with Crippen LogP contribution < -0.4 is 10.1 Å². The third kappa shape index (κ3) is 4.00. The lowest BCUT2D eigenvalue weighted by Crippen LogP contribution is -2.07. The van der Waals surface area contributed by atoms with Crippen molar-refractivity contribution >= 4 is 11.7 Å². The summed E-state index contributed by atoms with van der Waals surface area (Å²) in [5.74, 6) is -1.15. The molecule has 0 aliphatic rings. The van der Waals surface area contributed by atoms with E-state index >= 15 is 0 Å². The van der Waals surface area contributed by atoms with Crippen LogP contribution in [-0.4, -0.2) is 19.7 Å². The summed E-state index contributed by atoms with van der Waals surface area (Å²) in [4.78, 5) is 11.3. The Morgan fingerprint density at radius 2 is 2.32 bits per heavy atom. The van der Waals surface area contributed by atoms with Gasteiger partial charge in [-0.3, -0.25) is 0 Å². The van der Waals surface area contributed by atoms with Crippen molar-refractivity contribution in [1.82, 2.24) is 0 Å². The van der Waals surface area contributed by atoms with E-state index in [4.69, 9.17) is 14.7 Å². The van der Waals surface area contributed by atoms with Crippen molar-refractivity contribution in [3.63, 3.8) is 0 Å². The predicted octanol–water partition coefficient (Wildman–Crippen LogP) is 2.22. The number of halogens is 1. The number of nitriles is 1. The molecule has 0 radical (unpaired) electrons. The van der Waals surface area contributed by atoms with Gasteiger partial charge in [0, 0.05) is 18.0 Å². The first-order chi connectivity index (χ1) is 9.12. The first-order valence-corrected chi connectivity index (χ1v) is 5.49. The molecule has 6 heteroatoms. The second-order valence-electron chi connectivity index (χ2n) is 3.38. The number of carbonyl (C=O) groups is 1. The van der Waals surface area contributed by atoms with Gasteiger partial charge in [-0.05, 0) is 19.1 Å². The molecule has 0 atom stereocenters. The van der Waals surface area contributed by atoms with Gasteiger partial charge < -0.3 is 14.8 Å². The number of nitrogens with zero attached hydrogens (tertiary/aromatic N) is 1. The van der Waals surface area contributed by atoms with Crippen molar-refractivity contribution in [3.05, 3.63) is 35.8 Å². The molecule has 0 aromatic heterocycles. The second kappa shape index (κ2) is 7.01. The number of hydrogen-bond acceptors (Lipinski definition) is 5. The maximum absolute atomic E-state index is 13.2. The monoisotopic (exact) mass is 264 g/mol. The van der Waals surface area contributed by atoms with Gasteiger partial charge in [-0.15, -0.1) is 0 Å². The van der Waals surface area contributed by atoms with E-state index in [0.29, 0.717) is 5.69 Å². The van der Waals surface area contributed by atoms with Crippen LogP contribution in [0.2, 0.25) is 0 Å². The third-order valence-electron chi connectivity index (χ3n) is 2.15. The van der Waals surface area contributed by atoms with Gasteiger partial charge in [-0.25, -0.2) is 9.18 Å². The highest BCUT2D eigenvalue weighted by molar-refractivity contribution is 5.93. The zero-order chi connectivity index (χ0) is 14.3. The summed E-state index contributed by atoms with van der Waals surface area (Å²) in [6.07, 6.45) is 1.20. The summed E-state index contributed by atoms with van der Waals surface area (Å²) in [5, 5.41) is 11.5. The molecule has 0 saturated heterocycles. The fourth-order valence-corrected chi connectivity index (χ4v) is 1.25. The van der Waals surface area contributed by atoms with Gasteiger partial charge in [0.15, 0.2) is 17.1 Å². The van der Waals surface area contributed by atoms with E-state index in [-0.39, 0.29) is 17.9 Å². The number of carbonyl (C=O) groups excluding carboxylic acids is 1. The largest absolute Gasteiger partial charge is 0.494 e. The summed E-state index contributed by atoms with van der Waals surface area (Å²) in [7, 11) is 1.34. The highest BCUT2D eigenvalue weighted by atomic mass is 19.1. The van der Waals surface area contributed by atoms with Gasteiger partial charge in [0.05, 0.1) is 13.7 Å². The van der Waals surface area contributed by atoms with Crippen LogP contribution in [0.1, 0.15) is 6.92 Å². The Kier molecular flexibility index (Phi) is 5.35. The topological polar surface area (TPSA) is 71.4 Å². The van der Waals surface area contributed by atoms with E-state index in [1.54, 1.807) is 13.0 Å². The molecule has 0 fully saturated rings. The number of rotatable bonds is 5. The second-order valence-corrected chi connectivity index (χ2v) is 3.38. The minimum atomic E-state index is -0.716. The summed E-state index contributed by atoms with van der Waals surface area (Å²) in [6.45, 7) is 1.83. The number of nitrogens with one attached hydrogen (secondary N) is 1. The lowest BCUT2D eigenvalue weighted by atomic mass is 10.2. The summed E-state index contributed by atoms with van der Waals surface area (Å²) in [6, 6.07) is 5.79. The molecular weight excluding hydrogens is 251 g/mol. The standard InChI is InChI=1S/C13H13FN2O3/c1-3-19-13(17)9(7-15)8-16-10-4-5-11(14)12(6-10)18-2/h4-6,8,16H,3H2,1-2H3. The maximum atomic E-state index is 13.2. The Bertz CT molecular complexity index is 535. The third-order valence-corrected chi connectivity index (χ3v) is 2.15. The zero-order valence-corrected chi connectivity index (χ0v) is 10.6. The van der Waals surface area contributed by atoms with Crippen molar-refractivity contribution in [2.24, 2.45) is 0 Å². The molecule has 19 heavy (non-hydrogen) atoms. The van der Waals surface area contributed by atoms with Crippen LogP contribution in [0.4, 0.5) is 10.1 Å². The number of hydrogen-bond donors (Lipinski definition) is 1. The first-order valence-electron chi connectivity index (χ1n) is 5.49. The molecule has 1 aromatic carbocycles. The molecule has 1 aromatic rings. The number of esters is 1. The Morgan fingerprint density at radius 3 is 2.89 bits per heavy atom. The van der Waals surface area contributed by atoms with E-state index in [0.717, 1.165) is 0 Å². The van der Waals surface area contributed by atoms with Crippen molar-refractivity contribution in [1.29, 1.82) is 5.26 Å². The Morgan fingerprint density at radius 1 is 1.58 bits per heavy atom. The Hall–Kier alpha value is -2.55. The molecule has 5 nitrogen and oxygen atoms in total. The van der Waals surface area contributed by atoms with Crippen molar-refractivity contribution < 1.29 is 18.7 Å². The molecule has 1 rings (SSSR count). The van der Waals surface area contributed by atoms with Crippen LogP contribution in [0.5, 0.6) is 5.75 Å². The molecule has 1 N–H and O–H groups in total. The van der Waals surface area contributed by atoms with E-state index < -0.39 is 11.8 Å². The van der Waals surface area contributed by atoms with Crippen molar-refractivity contribution in [3.8, 4) is 11.8 Å². The van der Waals surface area contributed by atoms with Crippen molar-refractivity contribution in [2.45, 2.75) is 6.92 Å². The lowest BCUT2D eigenvalue weighted by molar-refractivity contribution is -0.138. The lowest BCUT2D eigenvalue weighted by Gasteiger charge is -2.06. The quantitative estimate of drug-likeness (QED) is 0.501. The van der Waals surface area contributed by atoms with Gasteiger partial charge in [0.25, 0.3) is 0 Å². The maximum Gasteiger partial charge on any atom is 0.350 e. The normalized spacial score (nSPS) is 10.5. The van der Waals surface area contributed by atoms with Crippen LogP contribution in [0, 0.1) is 17.1 Å². The molecule has 100 valence electrons. The van der Waals surface area contributed by atoms with E-state index in [1.165, 1.54) is 31.5 Å². The molecule has 0 aliphatic heterocycles. The molecule has 0 heterocycles.